The van der Waals surface area contributed by atoms with E-state index >= 15 is 0 Å². The first kappa shape index (κ1) is 11.8. The second kappa shape index (κ2) is 4.76. The Morgan fingerprint density at radius 2 is 1.95 bits per heavy atom. The van der Waals surface area contributed by atoms with Crippen molar-refractivity contribution in [1.29, 1.82) is 0 Å². The molecule has 0 saturated heterocycles. The summed E-state index contributed by atoms with van der Waals surface area (Å²) in [6, 6.07) is 14.2. The molecule has 3 rings (SSSR count). The van der Waals surface area contributed by atoms with Crippen LogP contribution in [0.5, 0.6) is 5.75 Å². The molecule has 3 heteroatoms. The molecule has 2 nitrogen and oxygen atoms in total. The molecule has 0 atom stereocenters. The molecule has 0 spiro atoms. The summed E-state index contributed by atoms with van der Waals surface area (Å²) in [5.41, 5.74) is 1.98. The van der Waals surface area contributed by atoms with Crippen molar-refractivity contribution in [2.45, 2.75) is 13.5 Å². The van der Waals surface area contributed by atoms with Crippen LogP contribution >= 0.6 is 0 Å². The van der Waals surface area contributed by atoms with Gasteiger partial charge in [-0.2, -0.15) is 0 Å². The average Bonchev–Trinajstić information content (AvgIpc) is 2.82. The largest absolute Gasteiger partial charge is 0.483 e. The predicted octanol–water partition coefficient (Wildman–Crippen LogP) is 4.46. The molecule has 0 N–H and O–H groups in total. The minimum Gasteiger partial charge on any atom is -0.483 e. The van der Waals surface area contributed by atoms with Crippen molar-refractivity contribution in [2.75, 3.05) is 0 Å². The molecule has 1 heterocycles. The molecule has 1 aromatic heterocycles. The van der Waals surface area contributed by atoms with Crippen LogP contribution in [0.1, 0.15) is 11.3 Å². The number of aryl methyl sites for hydroxylation is 1. The van der Waals surface area contributed by atoms with E-state index in [1.165, 1.54) is 6.07 Å². The zero-order valence-electron chi connectivity index (χ0n) is 10.5. The van der Waals surface area contributed by atoms with Crippen LogP contribution in [0.3, 0.4) is 0 Å². The maximum atomic E-state index is 13.4. The van der Waals surface area contributed by atoms with Crippen molar-refractivity contribution in [3.8, 4) is 5.75 Å². The fourth-order valence-corrected chi connectivity index (χ4v) is 2.04. The molecular formula is C16H13FO2. The third kappa shape index (κ3) is 2.32. The molecule has 0 unspecified atom stereocenters. The Labute approximate surface area is 110 Å². The quantitative estimate of drug-likeness (QED) is 0.690. The summed E-state index contributed by atoms with van der Waals surface area (Å²) in [6.07, 6.45) is 0. The minimum atomic E-state index is -0.366. The highest BCUT2D eigenvalue weighted by atomic mass is 19.1. The summed E-state index contributed by atoms with van der Waals surface area (Å²) in [7, 11) is 0. The number of hydrogen-bond acceptors (Lipinski definition) is 2. The highest BCUT2D eigenvalue weighted by Crippen LogP contribution is 2.24. The third-order valence-corrected chi connectivity index (χ3v) is 3.04. The van der Waals surface area contributed by atoms with Crippen molar-refractivity contribution in [3.05, 3.63) is 65.7 Å². The van der Waals surface area contributed by atoms with Gasteiger partial charge in [-0.3, -0.25) is 0 Å². The fraction of sp³-hybridized carbons (Fsp3) is 0.125. The van der Waals surface area contributed by atoms with Gasteiger partial charge >= 0.3 is 0 Å². The molecule has 2 aromatic carbocycles. The van der Waals surface area contributed by atoms with E-state index in [1.807, 2.05) is 31.2 Å². The lowest BCUT2D eigenvalue weighted by molar-refractivity contribution is 0.262. The van der Waals surface area contributed by atoms with E-state index in [1.54, 1.807) is 18.2 Å². The standard InChI is InChI=1S/C16H13FO2/c1-11-5-4-8-15-13(11)9-12(19-15)10-18-16-7-3-2-6-14(16)17/h2-9H,10H2,1H3. The van der Waals surface area contributed by atoms with E-state index in [9.17, 15) is 4.39 Å². The smallest absolute Gasteiger partial charge is 0.165 e. The Morgan fingerprint density at radius 3 is 2.74 bits per heavy atom. The molecule has 0 saturated carbocycles. The van der Waals surface area contributed by atoms with E-state index < -0.39 is 0 Å². The molecule has 0 fully saturated rings. The summed E-state index contributed by atoms with van der Waals surface area (Å²) in [5.74, 6) is 0.557. The van der Waals surface area contributed by atoms with Crippen molar-refractivity contribution in [3.63, 3.8) is 0 Å². The summed E-state index contributed by atoms with van der Waals surface area (Å²) in [4.78, 5) is 0. The summed E-state index contributed by atoms with van der Waals surface area (Å²) < 4.78 is 24.5. The van der Waals surface area contributed by atoms with E-state index in [0.29, 0.717) is 5.76 Å². The van der Waals surface area contributed by atoms with E-state index in [0.717, 1.165) is 16.5 Å². The minimum absolute atomic E-state index is 0.217. The lowest BCUT2D eigenvalue weighted by Gasteiger charge is -2.04. The highest BCUT2D eigenvalue weighted by molar-refractivity contribution is 5.81. The summed E-state index contributed by atoms with van der Waals surface area (Å²) >= 11 is 0. The van der Waals surface area contributed by atoms with E-state index in [4.69, 9.17) is 9.15 Å². The van der Waals surface area contributed by atoms with Gasteiger partial charge in [0.2, 0.25) is 0 Å². The van der Waals surface area contributed by atoms with Gasteiger partial charge in [-0.05, 0) is 36.8 Å². The van der Waals surface area contributed by atoms with Crippen LogP contribution in [0, 0.1) is 12.7 Å². The zero-order chi connectivity index (χ0) is 13.2. The van der Waals surface area contributed by atoms with Crippen LogP contribution in [0.4, 0.5) is 4.39 Å². The van der Waals surface area contributed by atoms with Crippen molar-refractivity contribution in [2.24, 2.45) is 0 Å². The molecule has 19 heavy (non-hydrogen) atoms. The molecule has 0 bridgehead atoms. The lowest BCUT2D eigenvalue weighted by Crippen LogP contribution is -1.95. The average molecular weight is 256 g/mol. The van der Waals surface area contributed by atoms with Gasteiger partial charge in [0.25, 0.3) is 0 Å². The predicted molar refractivity (Wildman–Crippen MR) is 71.7 cm³/mol. The van der Waals surface area contributed by atoms with Crippen molar-refractivity contribution >= 4 is 11.0 Å². The van der Waals surface area contributed by atoms with Crippen LogP contribution in [0.25, 0.3) is 11.0 Å². The van der Waals surface area contributed by atoms with Crippen LogP contribution in [0.2, 0.25) is 0 Å². The van der Waals surface area contributed by atoms with Gasteiger partial charge in [-0.1, -0.05) is 24.3 Å². The number of para-hydroxylation sites is 1. The van der Waals surface area contributed by atoms with Crippen molar-refractivity contribution < 1.29 is 13.5 Å². The van der Waals surface area contributed by atoms with Crippen molar-refractivity contribution in [1.82, 2.24) is 0 Å². The van der Waals surface area contributed by atoms with Gasteiger partial charge < -0.3 is 9.15 Å². The van der Waals surface area contributed by atoms with Crippen LogP contribution in [-0.2, 0) is 6.61 Å². The number of halogens is 1. The first-order valence-electron chi connectivity index (χ1n) is 6.09. The highest BCUT2D eigenvalue weighted by Gasteiger charge is 2.07. The van der Waals surface area contributed by atoms with Gasteiger partial charge in [0, 0.05) is 5.39 Å². The fourth-order valence-electron chi connectivity index (χ4n) is 2.04. The van der Waals surface area contributed by atoms with Gasteiger partial charge in [-0.15, -0.1) is 0 Å². The number of benzene rings is 2. The van der Waals surface area contributed by atoms with Crippen LogP contribution in [-0.4, -0.2) is 0 Å². The molecule has 0 radical (unpaired) electrons. The van der Waals surface area contributed by atoms with Gasteiger partial charge in [0.05, 0.1) is 0 Å². The molecule has 96 valence electrons. The number of rotatable bonds is 3. The second-order valence-electron chi connectivity index (χ2n) is 4.42. The van der Waals surface area contributed by atoms with Gasteiger partial charge in [0.15, 0.2) is 11.6 Å². The Bertz CT molecular complexity index is 716. The number of hydrogen-bond donors (Lipinski definition) is 0. The second-order valence-corrected chi connectivity index (χ2v) is 4.42. The van der Waals surface area contributed by atoms with E-state index in [2.05, 4.69) is 0 Å². The first-order valence-corrected chi connectivity index (χ1v) is 6.09. The normalized spacial score (nSPS) is 10.8. The maximum Gasteiger partial charge on any atom is 0.165 e. The molecule has 0 aliphatic heterocycles. The topological polar surface area (TPSA) is 22.4 Å². The molecule has 0 aliphatic rings. The number of fused-ring (bicyclic) bond motifs is 1. The Kier molecular flexibility index (Phi) is 2.95. The summed E-state index contributed by atoms with van der Waals surface area (Å²) in [5, 5.41) is 1.06. The Balaban J connectivity index is 1.83. The molecular weight excluding hydrogens is 243 g/mol. The lowest BCUT2D eigenvalue weighted by atomic mass is 10.1. The zero-order valence-corrected chi connectivity index (χ0v) is 10.5. The molecule has 3 aromatic rings. The van der Waals surface area contributed by atoms with Gasteiger partial charge in [-0.25, -0.2) is 4.39 Å². The summed E-state index contributed by atoms with van der Waals surface area (Å²) in [6.45, 7) is 2.24. The molecule has 0 aliphatic carbocycles. The third-order valence-electron chi connectivity index (χ3n) is 3.04. The number of ether oxygens (including phenoxy) is 1. The van der Waals surface area contributed by atoms with Gasteiger partial charge in [0.1, 0.15) is 18.0 Å². The first-order chi connectivity index (χ1) is 9.24. The Morgan fingerprint density at radius 1 is 1.11 bits per heavy atom. The van der Waals surface area contributed by atoms with Crippen LogP contribution in [0.15, 0.2) is 52.9 Å². The molecule has 0 amide bonds. The Hall–Kier alpha value is -2.29. The van der Waals surface area contributed by atoms with Crippen LogP contribution < -0.4 is 4.74 Å². The number of furan rings is 1. The van der Waals surface area contributed by atoms with E-state index in [-0.39, 0.29) is 18.2 Å². The maximum absolute atomic E-state index is 13.4. The SMILES string of the molecule is Cc1cccc2oc(COc3ccccc3F)cc12. The monoisotopic (exact) mass is 256 g/mol.